The number of carbonyl (C=O) groups is 1. The number of amides is 1. The van der Waals surface area contributed by atoms with Gasteiger partial charge in [0.25, 0.3) is 0 Å². The summed E-state index contributed by atoms with van der Waals surface area (Å²) in [6.07, 6.45) is 1.33. The maximum absolute atomic E-state index is 11.0. The molecule has 0 aromatic rings. The van der Waals surface area contributed by atoms with E-state index in [0.717, 1.165) is 19.4 Å². The van der Waals surface area contributed by atoms with Gasteiger partial charge in [0.1, 0.15) is 0 Å². The first-order chi connectivity index (χ1) is 5.24. The Bertz CT molecular complexity index is 149. The van der Waals surface area contributed by atoms with E-state index in [1.54, 1.807) is 4.90 Å². The molecule has 0 aromatic heterocycles. The van der Waals surface area contributed by atoms with Crippen molar-refractivity contribution in [2.75, 3.05) is 19.6 Å². The topological polar surface area (TPSA) is 66.6 Å². The van der Waals surface area contributed by atoms with Crippen molar-refractivity contribution in [3.8, 4) is 0 Å². The number of carbonyl (C=O) groups excluding carboxylic acids is 1. The summed E-state index contributed by atoms with van der Waals surface area (Å²) in [5, 5.41) is 9.19. The summed E-state index contributed by atoms with van der Waals surface area (Å²) < 4.78 is 0. The highest BCUT2D eigenvalue weighted by atomic mass is 16.3. The monoisotopic (exact) mass is 158 g/mol. The van der Waals surface area contributed by atoms with Crippen LogP contribution < -0.4 is 5.73 Å². The van der Waals surface area contributed by atoms with Gasteiger partial charge in [0, 0.05) is 13.1 Å². The summed E-state index contributed by atoms with van der Waals surface area (Å²) >= 11 is 0. The zero-order valence-electron chi connectivity index (χ0n) is 6.49. The predicted molar refractivity (Wildman–Crippen MR) is 40.9 cm³/mol. The minimum Gasteiger partial charge on any atom is -0.391 e. The molecule has 1 heterocycles. The number of nitrogens with zero attached hydrogens (tertiary/aromatic N) is 1. The molecule has 0 spiro atoms. The lowest BCUT2D eigenvalue weighted by molar-refractivity contribution is -0.132. The number of hydrogen-bond acceptors (Lipinski definition) is 3. The predicted octanol–water partition coefficient (Wildman–Crippen LogP) is -1.07. The molecule has 11 heavy (non-hydrogen) atoms. The number of rotatable bonds is 1. The summed E-state index contributed by atoms with van der Waals surface area (Å²) in [5.41, 5.74) is 5.18. The van der Waals surface area contributed by atoms with Gasteiger partial charge in [-0.1, -0.05) is 0 Å². The Hall–Kier alpha value is -0.610. The van der Waals surface area contributed by atoms with Crippen LogP contribution in [0.15, 0.2) is 0 Å². The molecular formula is C7H14N2O2. The first-order valence-corrected chi connectivity index (χ1v) is 3.90. The van der Waals surface area contributed by atoms with Crippen molar-refractivity contribution < 1.29 is 9.90 Å². The van der Waals surface area contributed by atoms with Crippen molar-refractivity contribution in [2.24, 2.45) is 5.73 Å². The molecule has 0 saturated carbocycles. The van der Waals surface area contributed by atoms with Gasteiger partial charge in [0.15, 0.2) is 0 Å². The number of nitrogens with two attached hydrogens (primary N) is 1. The highest BCUT2D eigenvalue weighted by Crippen LogP contribution is 2.08. The van der Waals surface area contributed by atoms with Crippen molar-refractivity contribution in [1.29, 1.82) is 0 Å². The molecule has 1 aliphatic heterocycles. The molecule has 1 fully saturated rings. The van der Waals surface area contributed by atoms with E-state index in [4.69, 9.17) is 5.73 Å². The summed E-state index contributed by atoms with van der Waals surface area (Å²) in [6, 6.07) is 0. The summed E-state index contributed by atoms with van der Waals surface area (Å²) in [6.45, 7) is 1.25. The van der Waals surface area contributed by atoms with Crippen LogP contribution in [0.25, 0.3) is 0 Å². The highest BCUT2D eigenvalue weighted by Gasteiger charge is 2.20. The number of likely N-dealkylation sites (tertiary alicyclic amines) is 1. The number of hydrogen-bond donors (Lipinski definition) is 2. The smallest absolute Gasteiger partial charge is 0.236 e. The van der Waals surface area contributed by atoms with Crippen molar-refractivity contribution in [1.82, 2.24) is 4.90 Å². The van der Waals surface area contributed by atoms with Gasteiger partial charge in [-0.15, -0.1) is 0 Å². The maximum atomic E-state index is 11.0. The van der Waals surface area contributed by atoms with Crippen LogP contribution in [-0.2, 0) is 4.79 Å². The van der Waals surface area contributed by atoms with Gasteiger partial charge in [-0.3, -0.25) is 4.79 Å². The Labute approximate surface area is 66.0 Å². The molecule has 1 rings (SSSR count). The minimum absolute atomic E-state index is 0.0483. The van der Waals surface area contributed by atoms with E-state index in [1.807, 2.05) is 0 Å². The van der Waals surface area contributed by atoms with E-state index in [-0.39, 0.29) is 18.6 Å². The molecule has 0 aromatic carbocycles. The van der Waals surface area contributed by atoms with Gasteiger partial charge in [-0.05, 0) is 12.8 Å². The second kappa shape index (κ2) is 3.69. The zero-order chi connectivity index (χ0) is 8.27. The van der Waals surface area contributed by atoms with E-state index in [0.29, 0.717) is 6.54 Å². The Balaban J connectivity index is 2.39. The summed E-state index contributed by atoms with van der Waals surface area (Å²) in [7, 11) is 0. The fourth-order valence-electron chi connectivity index (χ4n) is 1.31. The molecule has 4 heteroatoms. The van der Waals surface area contributed by atoms with Crippen molar-refractivity contribution in [2.45, 2.75) is 18.9 Å². The molecule has 1 amide bonds. The molecule has 4 nitrogen and oxygen atoms in total. The summed E-state index contributed by atoms with van der Waals surface area (Å²) in [5.74, 6) is -0.0660. The highest BCUT2D eigenvalue weighted by molar-refractivity contribution is 5.78. The lowest BCUT2D eigenvalue weighted by atomic mass is 10.1. The molecule has 1 atom stereocenters. The Kier molecular flexibility index (Phi) is 2.84. The van der Waals surface area contributed by atoms with Crippen LogP contribution in [0, 0.1) is 0 Å². The van der Waals surface area contributed by atoms with Crippen molar-refractivity contribution in [3.05, 3.63) is 0 Å². The van der Waals surface area contributed by atoms with E-state index in [1.165, 1.54) is 0 Å². The fourth-order valence-corrected chi connectivity index (χ4v) is 1.31. The summed E-state index contributed by atoms with van der Waals surface area (Å²) in [4.78, 5) is 12.6. The van der Waals surface area contributed by atoms with Gasteiger partial charge in [0.05, 0.1) is 12.6 Å². The van der Waals surface area contributed by atoms with E-state index >= 15 is 0 Å². The molecule has 0 aliphatic carbocycles. The number of aliphatic hydroxyl groups is 1. The maximum Gasteiger partial charge on any atom is 0.236 e. The lowest BCUT2D eigenvalue weighted by Crippen LogP contribution is -2.44. The quantitative estimate of drug-likeness (QED) is 0.510. The van der Waals surface area contributed by atoms with Gasteiger partial charge in [-0.2, -0.15) is 0 Å². The van der Waals surface area contributed by atoms with Crippen LogP contribution in [0.5, 0.6) is 0 Å². The van der Waals surface area contributed by atoms with Crippen LogP contribution in [0.2, 0.25) is 0 Å². The molecule has 1 unspecified atom stereocenters. The van der Waals surface area contributed by atoms with Gasteiger partial charge < -0.3 is 15.7 Å². The van der Waals surface area contributed by atoms with Crippen LogP contribution in [0.3, 0.4) is 0 Å². The van der Waals surface area contributed by atoms with Crippen LogP contribution in [0.1, 0.15) is 12.8 Å². The molecule has 0 bridgehead atoms. The number of β-amino-alcohol motifs (C(OH)–C–C–N with tert-alkyl or cyclic N) is 1. The van der Waals surface area contributed by atoms with E-state index in [2.05, 4.69) is 0 Å². The van der Waals surface area contributed by atoms with Gasteiger partial charge in [-0.25, -0.2) is 0 Å². The first-order valence-electron chi connectivity index (χ1n) is 3.90. The third kappa shape index (κ3) is 2.17. The standard InChI is InChI=1S/C7H14N2O2/c8-4-7(11)9-3-1-2-6(10)5-9/h6,10H,1-5,8H2. The Morgan fingerprint density at radius 2 is 2.45 bits per heavy atom. The average molecular weight is 158 g/mol. The molecule has 3 N–H and O–H groups in total. The fraction of sp³-hybridized carbons (Fsp3) is 0.857. The van der Waals surface area contributed by atoms with E-state index < -0.39 is 0 Å². The molecular weight excluding hydrogens is 144 g/mol. The van der Waals surface area contributed by atoms with Gasteiger partial charge >= 0.3 is 0 Å². The van der Waals surface area contributed by atoms with Gasteiger partial charge in [0.2, 0.25) is 5.91 Å². The third-order valence-electron chi connectivity index (χ3n) is 1.92. The van der Waals surface area contributed by atoms with Crippen molar-refractivity contribution in [3.63, 3.8) is 0 Å². The second-order valence-corrected chi connectivity index (χ2v) is 2.84. The Morgan fingerprint density at radius 1 is 1.73 bits per heavy atom. The first kappa shape index (κ1) is 8.49. The van der Waals surface area contributed by atoms with Crippen LogP contribution >= 0.6 is 0 Å². The zero-order valence-corrected chi connectivity index (χ0v) is 6.49. The largest absolute Gasteiger partial charge is 0.391 e. The van der Waals surface area contributed by atoms with E-state index in [9.17, 15) is 9.90 Å². The minimum atomic E-state index is -0.348. The molecule has 1 aliphatic rings. The Morgan fingerprint density at radius 3 is 3.00 bits per heavy atom. The normalized spacial score (nSPS) is 25.3. The molecule has 64 valence electrons. The number of piperidine rings is 1. The molecule has 0 radical (unpaired) electrons. The second-order valence-electron chi connectivity index (χ2n) is 2.84. The van der Waals surface area contributed by atoms with Crippen LogP contribution in [-0.4, -0.2) is 41.7 Å². The third-order valence-corrected chi connectivity index (χ3v) is 1.92. The lowest BCUT2D eigenvalue weighted by Gasteiger charge is -2.29. The SMILES string of the molecule is NCC(=O)N1CCCC(O)C1. The van der Waals surface area contributed by atoms with Crippen molar-refractivity contribution >= 4 is 5.91 Å². The molecule has 1 saturated heterocycles. The number of aliphatic hydroxyl groups excluding tert-OH is 1. The van der Waals surface area contributed by atoms with Crippen LogP contribution in [0.4, 0.5) is 0 Å². The average Bonchev–Trinajstić information content (AvgIpc) is 2.03.